The van der Waals surface area contributed by atoms with Crippen LogP contribution >= 0.6 is 0 Å². The number of hydrazone groups is 1. The van der Waals surface area contributed by atoms with Crippen LogP contribution in [0.5, 0.6) is 5.75 Å². The molecule has 0 aliphatic carbocycles. The Balaban J connectivity index is 1.81. The van der Waals surface area contributed by atoms with Crippen molar-refractivity contribution in [2.45, 2.75) is 6.92 Å². The van der Waals surface area contributed by atoms with Gasteiger partial charge in [0.2, 0.25) is 0 Å². The van der Waals surface area contributed by atoms with E-state index in [-0.39, 0.29) is 5.91 Å². The maximum absolute atomic E-state index is 11.7. The summed E-state index contributed by atoms with van der Waals surface area (Å²) in [5.74, 6) is 0.724. The van der Waals surface area contributed by atoms with Crippen molar-refractivity contribution in [3.8, 4) is 5.75 Å². The molecular weight excluding hydrogens is 270 g/mol. The zero-order valence-corrected chi connectivity index (χ0v) is 12.5. The molecule has 1 aliphatic heterocycles. The van der Waals surface area contributed by atoms with Crippen LogP contribution in [0.2, 0.25) is 0 Å². The number of amides is 1. The number of rotatable bonds is 5. The molecule has 21 heavy (non-hydrogen) atoms. The van der Waals surface area contributed by atoms with Crippen molar-refractivity contribution in [2.24, 2.45) is 5.10 Å². The molecule has 0 spiro atoms. The Hall–Kier alpha value is -1.92. The molecule has 6 nitrogen and oxygen atoms in total. The summed E-state index contributed by atoms with van der Waals surface area (Å²) in [4.78, 5) is 13.8. The molecule has 6 heteroatoms. The SMILES string of the molecule is COc1ccc(/C=N/NC(=O)CN2CCOCC2)cc1C. The van der Waals surface area contributed by atoms with Crippen molar-refractivity contribution < 1.29 is 14.3 Å². The molecule has 0 unspecified atom stereocenters. The summed E-state index contributed by atoms with van der Waals surface area (Å²) >= 11 is 0. The quantitative estimate of drug-likeness (QED) is 0.643. The normalized spacial score (nSPS) is 16.1. The van der Waals surface area contributed by atoms with Gasteiger partial charge in [-0.15, -0.1) is 0 Å². The average Bonchev–Trinajstić information content (AvgIpc) is 2.48. The highest BCUT2D eigenvalue weighted by atomic mass is 16.5. The Morgan fingerprint density at radius 2 is 2.24 bits per heavy atom. The summed E-state index contributed by atoms with van der Waals surface area (Å²) in [7, 11) is 1.64. The molecule has 1 fully saturated rings. The summed E-state index contributed by atoms with van der Waals surface area (Å²) < 4.78 is 10.4. The number of morpholine rings is 1. The number of nitrogens with zero attached hydrogens (tertiary/aromatic N) is 2. The van der Waals surface area contributed by atoms with Crippen LogP contribution < -0.4 is 10.2 Å². The third-order valence-corrected chi connectivity index (χ3v) is 3.29. The van der Waals surface area contributed by atoms with E-state index in [2.05, 4.69) is 10.5 Å². The van der Waals surface area contributed by atoms with Crippen LogP contribution in [0.4, 0.5) is 0 Å². The van der Waals surface area contributed by atoms with Gasteiger partial charge in [-0.05, 0) is 36.2 Å². The fourth-order valence-corrected chi connectivity index (χ4v) is 2.16. The molecule has 0 bridgehead atoms. The Labute approximate surface area is 124 Å². The molecule has 0 aromatic heterocycles. The first-order valence-electron chi connectivity index (χ1n) is 6.95. The minimum atomic E-state index is -0.113. The molecule has 1 saturated heterocycles. The maximum atomic E-state index is 11.7. The number of methoxy groups -OCH3 is 1. The minimum Gasteiger partial charge on any atom is -0.496 e. The van der Waals surface area contributed by atoms with Gasteiger partial charge in [-0.25, -0.2) is 5.43 Å². The van der Waals surface area contributed by atoms with E-state index >= 15 is 0 Å². The van der Waals surface area contributed by atoms with Gasteiger partial charge >= 0.3 is 0 Å². The second-order valence-corrected chi connectivity index (χ2v) is 4.91. The first kappa shape index (κ1) is 15.5. The van der Waals surface area contributed by atoms with Crippen molar-refractivity contribution in [3.05, 3.63) is 29.3 Å². The standard InChI is InChI=1S/C15H21N3O3/c1-12-9-13(3-4-14(12)20-2)10-16-17-15(19)11-18-5-7-21-8-6-18/h3-4,9-10H,5-8,11H2,1-2H3,(H,17,19)/b16-10+. The molecule has 0 saturated carbocycles. The van der Waals surface area contributed by atoms with Gasteiger partial charge in [-0.3, -0.25) is 9.69 Å². The smallest absolute Gasteiger partial charge is 0.254 e. The molecule has 0 atom stereocenters. The predicted molar refractivity (Wildman–Crippen MR) is 80.7 cm³/mol. The van der Waals surface area contributed by atoms with E-state index in [1.807, 2.05) is 30.0 Å². The van der Waals surface area contributed by atoms with Crippen molar-refractivity contribution in [1.29, 1.82) is 0 Å². The number of hydrogen-bond acceptors (Lipinski definition) is 5. The van der Waals surface area contributed by atoms with Gasteiger partial charge in [0.05, 0.1) is 33.1 Å². The van der Waals surface area contributed by atoms with Crippen LogP contribution in [0.15, 0.2) is 23.3 Å². The van der Waals surface area contributed by atoms with E-state index in [4.69, 9.17) is 9.47 Å². The number of ether oxygens (including phenoxy) is 2. The van der Waals surface area contributed by atoms with Gasteiger partial charge in [-0.1, -0.05) is 0 Å². The largest absolute Gasteiger partial charge is 0.496 e. The highest BCUT2D eigenvalue weighted by Gasteiger charge is 2.13. The number of carbonyl (C=O) groups excluding carboxylic acids is 1. The fourth-order valence-electron chi connectivity index (χ4n) is 2.16. The first-order valence-corrected chi connectivity index (χ1v) is 6.95. The topological polar surface area (TPSA) is 63.2 Å². The van der Waals surface area contributed by atoms with E-state index < -0.39 is 0 Å². The van der Waals surface area contributed by atoms with Crippen LogP contribution in [0.25, 0.3) is 0 Å². The van der Waals surface area contributed by atoms with Crippen molar-refractivity contribution in [3.63, 3.8) is 0 Å². The predicted octanol–water partition coefficient (Wildman–Crippen LogP) is 0.786. The summed E-state index contributed by atoms with van der Waals surface area (Å²) in [5.41, 5.74) is 4.49. The highest BCUT2D eigenvalue weighted by molar-refractivity contribution is 5.83. The molecule has 0 radical (unpaired) electrons. The Morgan fingerprint density at radius 1 is 1.48 bits per heavy atom. The zero-order valence-electron chi connectivity index (χ0n) is 12.5. The molecular formula is C15H21N3O3. The number of benzene rings is 1. The van der Waals surface area contributed by atoms with Crippen LogP contribution in [0, 0.1) is 6.92 Å². The number of carbonyl (C=O) groups is 1. The van der Waals surface area contributed by atoms with Crippen LogP contribution in [-0.2, 0) is 9.53 Å². The molecule has 1 amide bonds. The van der Waals surface area contributed by atoms with Gasteiger partial charge < -0.3 is 9.47 Å². The van der Waals surface area contributed by atoms with Gasteiger partial charge in [0.15, 0.2) is 0 Å². The van der Waals surface area contributed by atoms with E-state index in [0.29, 0.717) is 19.8 Å². The monoisotopic (exact) mass is 291 g/mol. The summed E-state index contributed by atoms with van der Waals surface area (Å²) in [6, 6.07) is 5.73. The van der Waals surface area contributed by atoms with Crippen LogP contribution in [0.1, 0.15) is 11.1 Å². The molecule has 1 aliphatic rings. The molecule has 1 aromatic rings. The highest BCUT2D eigenvalue weighted by Crippen LogP contribution is 2.17. The first-order chi connectivity index (χ1) is 10.2. The summed E-state index contributed by atoms with van der Waals surface area (Å²) in [5, 5.41) is 3.98. The van der Waals surface area contributed by atoms with Crippen molar-refractivity contribution in [2.75, 3.05) is 40.0 Å². The van der Waals surface area contributed by atoms with Gasteiger partial charge in [0.1, 0.15) is 5.75 Å². The second kappa shape index (κ2) is 7.75. The lowest BCUT2D eigenvalue weighted by atomic mass is 10.1. The Kier molecular flexibility index (Phi) is 5.71. The van der Waals surface area contributed by atoms with Crippen molar-refractivity contribution >= 4 is 12.1 Å². The molecule has 2 rings (SSSR count). The second-order valence-electron chi connectivity index (χ2n) is 4.91. The van der Waals surface area contributed by atoms with Gasteiger partial charge in [-0.2, -0.15) is 5.10 Å². The number of hydrogen-bond donors (Lipinski definition) is 1. The third kappa shape index (κ3) is 4.84. The number of nitrogens with one attached hydrogen (secondary N) is 1. The Morgan fingerprint density at radius 3 is 2.90 bits per heavy atom. The van der Waals surface area contributed by atoms with Crippen LogP contribution in [0.3, 0.4) is 0 Å². The number of aryl methyl sites for hydroxylation is 1. The maximum Gasteiger partial charge on any atom is 0.254 e. The lowest BCUT2D eigenvalue weighted by Crippen LogP contribution is -2.42. The summed E-state index contributed by atoms with van der Waals surface area (Å²) in [6.45, 7) is 5.25. The van der Waals surface area contributed by atoms with Gasteiger partial charge in [0, 0.05) is 13.1 Å². The van der Waals surface area contributed by atoms with E-state index in [1.54, 1.807) is 13.3 Å². The molecule has 1 aromatic carbocycles. The fraction of sp³-hybridized carbons (Fsp3) is 0.467. The van der Waals surface area contributed by atoms with E-state index in [9.17, 15) is 4.79 Å². The molecule has 114 valence electrons. The lowest BCUT2D eigenvalue weighted by Gasteiger charge is -2.25. The van der Waals surface area contributed by atoms with E-state index in [1.165, 1.54) is 0 Å². The van der Waals surface area contributed by atoms with Crippen LogP contribution in [-0.4, -0.2) is 57.0 Å². The minimum absolute atomic E-state index is 0.113. The zero-order chi connectivity index (χ0) is 15.1. The van der Waals surface area contributed by atoms with Crippen molar-refractivity contribution in [1.82, 2.24) is 10.3 Å². The van der Waals surface area contributed by atoms with Gasteiger partial charge in [0.25, 0.3) is 5.91 Å². The Bertz CT molecular complexity index is 511. The lowest BCUT2D eigenvalue weighted by molar-refractivity contribution is -0.123. The molecule has 1 N–H and O–H groups in total. The third-order valence-electron chi connectivity index (χ3n) is 3.29. The molecule has 1 heterocycles. The average molecular weight is 291 g/mol. The summed E-state index contributed by atoms with van der Waals surface area (Å²) in [6.07, 6.45) is 1.63. The van der Waals surface area contributed by atoms with E-state index in [0.717, 1.165) is 30.0 Å².